The number of nitrogens with zero attached hydrogens (tertiary/aromatic N) is 3. The lowest BCUT2D eigenvalue weighted by atomic mass is 10.1. The van der Waals surface area contributed by atoms with Crippen molar-refractivity contribution in [1.82, 2.24) is 9.97 Å². The summed E-state index contributed by atoms with van der Waals surface area (Å²) in [5.74, 6) is 1.83. The van der Waals surface area contributed by atoms with Crippen LogP contribution in [0, 0.1) is 16.0 Å². The molecule has 6 nitrogen and oxygen atoms in total. The van der Waals surface area contributed by atoms with E-state index in [-0.39, 0.29) is 5.69 Å². The number of anilines is 1. The maximum absolute atomic E-state index is 11.1. The Hall–Kier alpha value is -3.28. The Morgan fingerprint density at radius 3 is 2.52 bits per heavy atom. The van der Waals surface area contributed by atoms with E-state index in [4.69, 9.17) is 0 Å². The quantitative estimate of drug-likeness (QED) is 0.396. The molecule has 29 heavy (non-hydrogen) atoms. The summed E-state index contributed by atoms with van der Waals surface area (Å²) in [5.41, 5.74) is 2.89. The molecule has 3 rings (SSSR count). The van der Waals surface area contributed by atoms with Gasteiger partial charge in [0.25, 0.3) is 5.69 Å². The third-order valence-electron chi connectivity index (χ3n) is 4.63. The number of aromatic nitrogens is 2. The summed E-state index contributed by atoms with van der Waals surface area (Å²) in [5, 5.41) is 14.5. The molecule has 0 aliphatic heterocycles. The van der Waals surface area contributed by atoms with Crippen molar-refractivity contribution in [2.75, 3.05) is 11.9 Å². The number of benzene rings is 2. The first-order valence-electron chi connectivity index (χ1n) is 9.92. The van der Waals surface area contributed by atoms with Gasteiger partial charge in [0.1, 0.15) is 5.82 Å². The van der Waals surface area contributed by atoms with Crippen molar-refractivity contribution in [2.24, 2.45) is 5.92 Å². The number of nitro groups is 1. The van der Waals surface area contributed by atoms with Gasteiger partial charge in [-0.05, 0) is 30.7 Å². The molecule has 0 bridgehead atoms. The van der Waals surface area contributed by atoms with Crippen LogP contribution in [0.1, 0.15) is 31.5 Å². The molecule has 6 heteroatoms. The zero-order valence-corrected chi connectivity index (χ0v) is 16.8. The van der Waals surface area contributed by atoms with Crippen molar-refractivity contribution in [1.29, 1.82) is 0 Å². The van der Waals surface area contributed by atoms with Gasteiger partial charge >= 0.3 is 0 Å². The van der Waals surface area contributed by atoms with E-state index in [1.54, 1.807) is 6.07 Å². The number of hydrogen-bond acceptors (Lipinski definition) is 5. The molecule has 0 spiro atoms. The van der Waals surface area contributed by atoms with E-state index in [9.17, 15) is 10.1 Å². The Kier molecular flexibility index (Phi) is 6.89. The van der Waals surface area contributed by atoms with Crippen molar-refractivity contribution in [2.45, 2.75) is 33.1 Å². The van der Waals surface area contributed by atoms with Crippen molar-refractivity contribution in [3.8, 4) is 11.4 Å². The SMILES string of the molecule is CC(C)CCc1cc(NCCc2ccccc2)nc(-c2cccc([N+](=O)[O-])c2)n1. The smallest absolute Gasteiger partial charge is 0.270 e. The van der Waals surface area contributed by atoms with Gasteiger partial charge in [-0.3, -0.25) is 10.1 Å². The van der Waals surface area contributed by atoms with Crippen LogP contribution in [-0.2, 0) is 12.8 Å². The largest absolute Gasteiger partial charge is 0.370 e. The molecular weight excluding hydrogens is 364 g/mol. The molecule has 150 valence electrons. The van der Waals surface area contributed by atoms with E-state index in [1.165, 1.54) is 17.7 Å². The third-order valence-corrected chi connectivity index (χ3v) is 4.63. The van der Waals surface area contributed by atoms with Crippen molar-refractivity contribution in [3.05, 3.63) is 82.0 Å². The average Bonchev–Trinajstić information content (AvgIpc) is 2.73. The number of non-ortho nitro benzene ring substituents is 1. The lowest BCUT2D eigenvalue weighted by molar-refractivity contribution is -0.384. The van der Waals surface area contributed by atoms with Crippen LogP contribution in [0.3, 0.4) is 0 Å². The fourth-order valence-electron chi connectivity index (χ4n) is 3.02. The molecule has 0 atom stereocenters. The average molecular weight is 390 g/mol. The lowest BCUT2D eigenvalue weighted by Crippen LogP contribution is -2.09. The number of aryl methyl sites for hydroxylation is 1. The van der Waals surface area contributed by atoms with Gasteiger partial charge < -0.3 is 5.32 Å². The molecule has 2 aromatic carbocycles. The molecule has 0 aliphatic carbocycles. The Balaban J connectivity index is 1.83. The van der Waals surface area contributed by atoms with Crippen molar-refractivity contribution < 1.29 is 4.92 Å². The highest BCUT2D eigenvalue weighted by Crippen LogP contribution is 2.23. The molecule has 1 heterocycles. The molecule has 1 aromatic heterocycles. The first kappa shape index (κ1) is 20.5. The van der Waals surface area contributed by atoms with E-state index in [1.807, 2.05) is 30.3 Å². The van der Waals surface area contributed by atoms with Crippen molar-refractivity contribution in [3.63, 3.8) is 0 Å². The standard InChI is InChI=1S/C23H26N4O2/c1-17(2)11-12-20-16-22(24-14-13-18-7-4-3-5-8-18)26-23(25-20)19-9-6-10-21(15-19)27(28)29/h3-10,15-17H,11-14H2,1-2H3,(H,24,25,26). The van der Waals surface area contributed by atoms with E-state index >= 15 is 0 Å². The number of nitro benzene ring substituents is 1. The molecule has 0 amide bonds. The highest BCUT2D eigenvalue weighted by Gasteiger charge is 2.12. The van der Waals surface area contributed by atoms with E-state index in [0.29, 0.717) is 17.3 Å². The Bertz CT molecular complexity index is 958. The third kappa shape index (κ3) is 6.10. The minimum Gasteiger partial charge on any atom is -0.370 e. The van der Waals surface area contributed by atoms with Crippen LogP contribution in [-0.4, -0.2) is 21.4 Å². The second kappa shape index (κ2) is 9.78. The first-order valence-corrected chi connectivity index (χ1v) is 9.92. The molecule has 0 fully saturated rings. The van der Waals surface area contributed by atoms with Gasteiger partial charge in [0.05, 0.1) is 4.92 Å². The number of rotatable bonds is 9. The van der Waals surface area contributed by atoms with Gasteiger partial charge in [-0.1, -0.05) is 56.3 Å². The maximum Gasteiger partial charge on any atom is 0.270 e. The topological polar surface area (TPSA) is 81.0 Å². The van der Waals surface area contributed by atoms with Crippen molar-refractivity contribution >= 4 is 11.5 Å². The summed E-state index contributed by atoms with van der Waals surface area (Å²) >= 11 is 0. The molecular formula is C23H26N4O2. The molecule has 0 aliphatic rings. The number of nitrogens with one attached hydrogen (secondary N) is 1. The fraction of sp³-hybridized carbons (Fsp3) is 0.304. The highest BCUT2D eigenvalue weighted by molar-refractivity contribution is 5.61. The van der Waals surface area contributed by atoms with Gasteiger partial charge in [0.15, 0.2) is 5.82 Å². The fourth-order valence-corrected chi connectivity index (χ4v) is 3.02. The molecule has 0 radical (unpaired) electrons. The second-order valence-corrected chi connectivity index (χ2v) is 7.47. The van der Waals surface area contributed by atoms with Crippen LogP contribution in [0.15, 0.2) is 60.7 Å². The molecule has 1 N–H and O–H groups in total. The molecule has 0 saturated carbocycles. The summed E-state index contributed by atoms with van der Waals surface area (Å²) < 4.78 is 0. The normalized spacial score (nSPS) is 10.9. The van der Waals surface area contributed by atoms with Crippen LogP contribution < -0.4 is 5.32 Å². The van der Waals surface area contributed by atoms with Crippen LogP contribution in [0.4, 0.5) is 11.5 Å². The second-order valence-electron chi connectivity index (χ2n) is 7.47. The summed E-state index contributed by atoms with van der Waals surface area (Å²) in [4.78, 5) is 20.0. The van der Waals surface area contributed by atoms with E-state index in [0.717, 1.165) is 37.3 Å². The Morgan fingerprint density at radius 1 is 1.00 bits per heavy atom. The van der Waals surface area contributed by atoms with Crippen LogP contribution in [0.5, 0.6) is 0 Å². The molecule has 0 saturated heterocycles. The summed E-state index contributed by atoms with van der Waals surface area (Å²) in [6.07, 6.45) is 2.75. The van der Waals surface area contributed by atoms with E-state index < -0.39 is 4.92 Å². The predicted octanol–water partition coefficient (Wildman–Crippen LogP) is 5.30. The lowest BCUT2D eigenvalue weighted by Gasteiger charge is -2.11. The van der Waals surface area contributed by atoms with Gasteiger partial charge in [-0.2, -0.15) is 0 Å². The minimum absolute atomic E-state index is 0.0391. The van der Waals surface area contributed by atoms with Crippen LogP contribution in [0.25, 0.3) is 11.4 Å². The number of hydrogen-bond donors (Lipinski definition) is 1. The molecule has 3 aromatic rings. The van der Waals surface area contributed by atoms with Gasteiger partial charge in [-0.25, -0.2) is 9.97 Å². The van der Waals surface area contributed by atoms with E-state index in [2.05, 4.69) is 41.3 Å². The van der Waals surface area contributed by atoms with Gasteiger partial charge in [0.2, 0.25) is 0 Å². The van der Waals surface area contributed by atoms with Crippen LogP contribution in [0.2, 0.25) is 0 Å². The van der Waals surface area contributed by atoms with Gasteiger partial charge in [-0.15, -0.1) is 0 Å². The van der Waals surface area contributed by atoms with Crippen LogP contribution >= 0.6 is 0 Å². The Labute approximate surface area is 171 Å². The van der Waals surface area contributed by atoms with Gasteiger partial charge in [0, 0.05) is 36.0 Å². The summed E-state index contributed by atoms with van der Waals surface area (Å²) in [6, 6.07) is 18.7. The summed E-state index contributed by atoms with van der Waals surface area (Å²) in [6.45, 7) is 5.11. The molecule has 0 unspecified atom stereocenters. The monoisotopic (exact) mass is 390 g/mol. The first-order chi connectivity index (χ1) is 14.0. The zero-order chi connectivity index (χ0) is 20.6. The zero-order valence-electron chi connectivity index (χ0n) is 16.8. The highest BCUT2D eigenvalue weighted by atomic mass is 16.6. The minimum atomic E-state index is -0.398. The Morgan fingerprint density at radius 2 is 1.79 bits per heavy atom. The predicted molar refractivity (Wildman–Crippen MR) is 116 cm³/mol. The maximum atomic E-state index is 11.1. The summed E-state index contributed by atoms with van der Waals surface area (Å²) in [7, 11) is 0.